The number of nitrogens with zero attached hydrogens (tertiary/aromatic N) is 1. The molecule has 4 aromatic rings. The lowest BCUT2D eigenvalue weighted by molar-refractivity contribution is -0.121. The molecule has 2 aromatic heterocycles. The van der Waals surface area contributed by atoms with Gasteiger partial charge in [0.1, 0.15) is 17.9 Å². The molecule has 0 unspecified atom stereocenters. The van der Waals surface area contributed by atoms with Crippen molar-refractivity contribution >= 4 is 16.9 Å². The zero-order valence-electron chi connectivity index (χ0n) is 15.9. The summed E-state index contributed by atoms with van der Waals surface area (Å²) in [7, 11) is 0. The highest BCUT2D eigenvalue weighted by molar-refractivity contribution is 5.91. The van der Waals surface area contributed by atoms with E-state index in [4.69, 9.17) is 0 Å². The number of fused-ring (bicyclic) bond motifs is 1. The maximum atomic E-state index is 13.2. The molecule has 7 nitrogen and oxygen atoms in total. The van der Waals surface area contributed by atoms with Crippen molar-refractivity contribution in [1.82, 2.24) is 19.9 Å². The van der Waals surface area contributed by atoms with Gasteiger partial charge >= 0.3 is 5.69 Å². The maximum Gasteiger partial charge on any atom is 0.329 e. The van der Waals surface area contributed by atoms with Gasteiger partial charge in [0, 0.05) is 18.3 Å². The zero-order chi connectivity index (χ0) is 21.1. The van der Waals surface area contributed by atoms with Crippen molar-refractivity contribution in [3.8, 4) is 11.1 Å². The number of aromatic nitrogens is 3. The largest absolute Gasteiger partial charge is 0.355 e. The summed E-state index contributed by atoms with van der Waals surface area (Å²) in [6, 6.07) is 15.4. The molecule has 152 valence electrons. The first-order valence-corrected chi connectivity index (χ1v) is 9.43. The minimum Gasteiger partial charge on any atom is -0.355 e. The van der Waals surface area contributed by atoms with Crippen molar-refractivity contribution in [3.63, 3.8) is 0 Å². The van der Waals surface area contributed by atoms with Crippen LogP contribution in [-0.4, -0.2) is 27.0 Å². The van der Waals surface area contributed by atoms with Crippen LogP contribution in [0.2, 0.25) is 0 Å². The first-order chi connectivity index (χ1) is 14.5. The third kappa shape index (κ3) is 3.93. The minimum atomic E-state index is -0.686. The highest BCUT2D eigenvalue weighted by atomic mass is 19.1. The van der Waals surface area contributed by atoms with E-state index in [9.17, 15) is 18.8 Å². The van der Waals surface area contributed by atoms with Crippen molar-refractivity contribution in [2.75, 3.05) is 6.54 Å². The molecule has 3 N–H and O–H groups in total. The standard InChI is InChI=1S/C22H19FN4O3/c23-16-8-6-15(7-9-16)17-12-25-20-19(17)26-22(30)27(21(20)29)13-18(28)24-11-10-14-4-2-1-3-5-14/h1-9,12,25H,10-11,13H2,(H,24,28)(H,26,30). The predicted octanol–water partition coefficient (Wildman–Crippen LogP) is 2.18. The van der Waals surface area contributed by atoms with E-state index in [1.54, 1.807) is 18.3 Å². The fourth-order valence-corrected chi connectivity index (χ4v) is 3.31. The van der Waals surface area contributed by atoms with Crippen LogP contribution < -0.4 is 16.6 Å². The zero-order valence-corrected chi connectivity index (χ0v) is 15.9. The summed E-state index contributed by atoms with van der Waals surface area (Å²) in [5.74, 6) is -0.809. The number of nitrogens with one attached hydrogen (secondary N) is 3. The van der Waals surface area contributed by atoms with E-state index < -0.39 is 17.2 Å². The monoisotopic (exact) mass is 406 g/mol. The van der Waals surface area contributed by atoms with E-state index in [0.717, 1.165) is 10.1 Å². The number of halogens is 1. The number of benzene rings is 2. The van der Waals surface area contributed by atoms with E-state index in [1.807, 2.05) is 30.3 Å². The molecule has 0 radical (unpaired) electrons. The molecule has 0 saturated carbocycles. The van der Waals surface area contributed by atoms with Crippen LogP contribution in [0.25, 0.3) is 22.2 Å². The minimum absolute atomic E-state index is 0.172. The van der Waals surface area contributed by atoms with Crippen LogP contribution in [0.3, 0.4) is 0 Å². The van der Waals surface area contributed by atoms with E-state index in [1.165, 1.54) is 12.1 Å². The highest BCUT2D eigenvalue weighted by Crippen LogP contribution is 2.25. The Morgan fingerprint density at radius 1 is 1.00 bits per heavy atom. The second-order valence-corrected chi connectivity index (χ2v) is 6.87. The Morgan fingerprint density at radius 3 is 2.47 bits per heavy atom. The number of H-pyrrole nitrogens is 2. The van der Waals surface area contributed by atoms with Gasteiger partial charge in [-0.25, -0.2) is 13.8 Å². The summed E-state index contributed by atoms with van der Waals surface area (Å²) in [5.41, 5.74) is 1.50. The van der Waals surface area contributed by atoms with Crippen LogP contribution in [-0.2, 0) is 17.8 Å². The summed E-state index contributed by atoms with van der Waals surface area (Å²) in [5, 5.41) is 2.72. The van der Waals surface area contributed by atoms with E-state index >= 15 is 0 Å². The molecule has 0 aliphatic heterocycles. The van der Waals surface area contributed by atoms with Crippen LogP contribution in [0.1, 0.15) is 5.56 Å². The lowest BCUT2D eigenvalue weighted by atomic mass is 10.1. The number of carbonyl (C=O) groups is 1. The fraction of sp³-hybridized carbons (Fsp3) is 0.136. The lowest BCUT2D eigenvalue weighted by Gasteiger charge is -2.07. The smallest absolute Gasteiger partial charge is 0.329 e. The molecule has 0 atom stereocenters. The molecule has 0 bridgehead atoms. The summed E-state index contributed by atoms with van der Waals surface area (Å²) in [4.78, 5) is 43.0. The Hall–Kier alpha value is -3.94. The molecule has 0 aliphatic carbocycles. The number of hydrogen-bond acceptors (Lipinski definition) is 3. The van der Waals surface area contributed by atoms with Crippen LogP contribution >= 0.6 is 0 Å². The van der Waals surface area contributed by atoms with Crippen LogP contribution in [0.5, 0.6) is 0 Å². The summed E-state index contributed by atoms with van der Waals surface area (Å²) in [6.07, 6.45) is 2.22. The van der Waals surface area contributed by atoms with Gasteiger partial charge in [-0.05, 0) is 29.7 Å². The highest BCUT2D eigenvalue weighted by Gasteiger charge is 2.15. The normalized spacial score (nSPS) is 11.0. The molecule has 8 heteroatoms. The molecular weight excluding hydrogens is 387 g/mol. The second kappa shape index (κ2) is 8.20. The number of carbonyl (C=O) groups excluding carboxylic acids is 1. The Labute approximate surface area is 170 Å². The molecule has 0 aliphatic rings. The maximum absolute atomic E-state index is 13.2. The van der Waals surface area contributed by atoms with Crippen molar-refractivity contribution in [2.45, 2.75) is 13.0 Å². The molecule has 2 aromatic carbocycles. The fourth-order valence-electron chi connectivity index (χ4n) is 3.31. The van der Waals surface area contributed by atoms with Gasteiger partial charge in [-0.3, -0.25) is 9.59 Å². The Kier molecular flexibility index (Phi) is 5.30. The number of aromatic amines is 2. The predicted molar refractivity (Wildman–Crippen MR) is 112 cm³/mol. The number of rotatable bonds is 6. The molecule has 30 heavy (non-hydrogen) atoms. The van der Waals surface area contributed by atoms with Gasteiger partial charge in [-0.1, -0.05) is 42.5 Å². The molecular formula is C22H19FN4O3. The van der Waals surface area contributed by atoms with Crippen LogP contribution in [0.4, 0.5) is 4.39 Å². The van der Waals surface area contributed by atoms with E-state index in [0.29, 0.717) is 29.6 Å². The molecule has 2 heterocycles. The quantitative estimate of drug-likeness (QED) is 0.458. The van der Waals surface area contributed by atoms with Gasteiger partial charge in [0.15, 0.2) is 0 Å². The van der Waals surface area contributed by atoms with Crippen molar-refractivity contribution in [1.29, 1.82) is 0 Å². The van der Waals surface area contributed by atoms with Gasteiger partial charge in [0.2, 0.25) is 5.91 Å². The third-order valence-electron chi connectivity index (χ3n) is 4.85. The van der Waals surface area contributed by atoms with Gasteiger partial charge in [0.05, 0.1) is 5.52 Å². The van der Waals surface area contributed by atoms with Crippen molar-refractivity contribution in [2.24, 2.45) is 0 Å². The summed E-state index contributed by atoms with van der Waals surface area (Å²) in [6.45, 7) is 0.0127. The second-order valence-electron chi connectivity index (χ2n) is 6.87. The topological polar surface area (TPSA) is 99.8 Å². The van der Waals surface area contributed by atoms with Gasteiger partial charge in [0.25, 0.3) is 5.56 Å². The first kappa shape index (κ1) is 19.4. The van der Waals surface area contributed by atoms with Crippen molar-refractivity contribution < 1.29 is 9.18 Å². The molecule has 0 fully saturated rings. The SMILES string of the molecule is O=C(Cn1c(=O)[nH]c2c(-c3ccc(F)cc3)c[nH]c2c1=O)NCCc1ccccc1. The Morgan fingerprint density at radius 2 is 1.73 bits per heavy atom. The lowest BCUT2D eigenvalue weighted by Crippen LogP contribution is -2.41. The Bertz CT molecular complexity index is 1300. The van der Waals surface area contributed by atoms with E-state index in [2.05, 4.69) is 15.3 Å². The molecule has 4 rings (SSSR count). The third-order valence-corrected chi connectivity index (χ3v) is 4.85. The molecule has 1 amide bonds. The first-order valence-electron chi connectivity index (χ1n) is 9.43. The van der Waals surface area contributed by atoms with Gasteiger partial charge in [-0.15, -0.1) is 0 Å². The molecule has 0 spiro atoms. The summed E-state index contributed by atoms with van der Waals surface area (Å²) < 4.78 is 14.0. The van der Waals surface area contributed by atoms with Crippen LogP contribution in [0, 0.1) is 5.82 Å². The van der Waals surface area contributed by atoms with Crippen LogP contribution in [0.15, 0.2) is 70.4 Å². The number of hydrogen-bond donors (Lipinski definition) is 3. The molecule has 0 saturated heterocycles. The number of amides is 1. The van der Waals surface area contributed by atoms with E-state index in [-0.39, 0.29) is 17.9 Å². The van der Waals surface area contributed by atoms with Crippen molar-refractivity contribution in [3.05, 3.63) is 93.0 Å². The average molecular weight is 406 g/mol. The Balaban J connectivity index is 1.53. The van der Waals surface area contributed by atoms with Gasteiger partial charge < -0.3 is 15.3 Å². The average Bonchev–Trinajstić information content (AvgIpc) is 3.16. The summed E-state index contributed by atoms with van der Waals surface area (Å²) >= 11 is 0. The van der Waals surface area contributed by atoms with Gasteiger partial charge in [-0.2, -0.15) is 0 Å².